The molecule has 0 amide bonds. The van der Waals surface area contributed by atoms with Gasteiger partial charge < -0.3 is 10.6 Å². The summed E-state index contributed by atoms with van der Waals surface area (Å²) in [7, 11) is 0. The number of nitrogens with zero attached hydrogens (tertiary/aromatic N) is 5. The van der Waals surface area contributed by atoms with Crippen LogP contribution >= 0.6 is 0 Å². The van der Waals surface area contributed by atoms with Crippen LogP contribution in [0.3, 0.4) is 0 Å². The Morgan fingerprint density at radius 1 is 1.07 bits per heavy atom. The molecule has 3 heterocycles. The number of benzene rings is 2. The van der Waals surface area contributed by atoms with Gasteiger partial charge >= 0.3 is 0 Å². The molecule has 0 atom stereocenters. The van der Waals surface area contributed by atoms with Crippen LogP contribution in [0.1, 0.15) is 18.4 Å². The van der Waals surface area contributed by atoms with Gasteiger partial charge in [0.1, 0.15) is 17.2 Å². The number of nitrogens with one attached hydrogen (secondary N) is 1. The van der Waals surface area contributed by atoms with Crippen molar-refractivity contribution < 1.29 is 0 Å². The van der Waals surface area contributed by atoms with Crippen molar-refractivity contribution in [1.29, 1.82) is 5.26 Å². The fourth-order valence-electron chi connectivity index (χ4n) is 3.91. The van der Waals surface area contributed by atoms with Gasteiger partial charge in [0.2, 0.25) is 0 Å². The molecule has 1 aliphatic rings. The number of piperidine rings is 1. The first kappa shape index (κ1) is 18.3. The van der Waals surface area contributed by atoms with Crippen LogP contribution in [0.5, 0.6) is 0 Å². The lowest BCUT2D eigenvalue weighted by molar-refractivity contribution is 0.498. The Labute approximate surface area is 174 Å². The molecule has 0 aliphatic carbocycles. The van der Waals surface area contributed by atoms with E-state index in [1.807, 2.05) is 30.3 Å². The van der Waals surface area contributed by atoms with E-state index in [9.17, 15) is 5.26 Å². The highest BCUT2D eigenvalue weighted by molar-refractivity contribution is 5.95. The van der Waals surface area contributed by atoms with E-state index in [2.05, 4.69) is 32.2 Å². The third kappa shape index (κ3) is 3.38. The first-order chi connectivity index (χ1) is 14.7. The predicted molar refractivity (Wildman–Crippen MR) is 117 cm³/mol. The number of aromatic amines is 1. The standard InChI is InChI=1S/C23H21N7/c24-12-15-2-1-3-16(10-15)17-4-5-20-19(11-17)23(29-28-20)21-13-26-14-22(27-21)30-8-6-18(25)7-9-30/h1-5,10-11,13-14,18H,6-9,25H2,(H,28,29). The van der Waals surface area contributed by atoms with Gasteiger partial charge in [0.25, 0.3) is 0 Å². The molecule has 2 aromatic heterocycles. The van der Waals surface area contributed by atoms with Crippen molar-refractivity contribution in [2.24, 2.45) is 5.73 Å². The van der Waals surface area contributed by atoms with E-state index in [4.69, 9.17) is 10.7 Å². The first-order valence-electron chi connectivity index (χ1n) is 10.0. The molecule has 7 nitrogen and oxygen atoms in total. The zero-order valence-electron chi connectivity index (χ0n) is 16.4. The molecule has 0 spiro atoms. The molecule has 148 valence electrons. The summed E-state index contributed by atoms with van der Waals surface area (Å²) in [4.78, 5) is 11.5. The molecule has 1 aliphatic heterocycles. The van der Waals surface area contributed by atoms with E-state index in [1.165, 1.54) is 0 Å². The predicted octanol–water partition coefficient (Wildman–Crippen LogP) is 3.49. The lowest BCUT2D eigenvalue weighted by Crippen LogP contribution is -2.40. The summed E-state index contributed by atoms with van der Waals surface area (Å²) in [5.41, 5.74) is 11.1. The summed E-state index contributed by atoms with van der Waals surface area (Å²) < 4.78 is 0. The fourth-order valence-corrected chi connectivity index (χ4v) is 3.91. The SMILES string of the molecule is N#Cc1cccc(-c2ccc3[nH]nc(-c4cncc(N5CCC(N)CC5)n4)c3c2)c1. The number of nitriles is 1. The van der Waals surface area contributed by atoms with Gasteiger partial charge in [-0.15, -0.1) is 0 Å². The van der Waals surface area contributed by atoms with Crippen molar-refractivity contribution in [3.63, 3.8) is 0 Å². The summed E-state index contributed by atoms with van der Waals surface area (Å²) in [5, 5.41) is 17.8. The highest BCUT2D eigenvalue weighted by Gasteiger charge is 2.19. The highest BCUT2D eigenvalue weighted by Crippen LogP contribution is 2.30. The molecule has 30 heavy (non-hydrogen) atoms. The van der Waals surface area contributed by atoms with Crippen LogP contribution in [0, 0.1) is 11.3 Å². The van der Waals surface area contributed by atoms with Gasteiger partial charge in [0, 0.05) is 24.5 Å². The Bertz CT molecular complexity index is 1250. The zero-order chi connectivity index (χ0) is 20.5. The van der Waals surface area contributed by atoms with E-state index >= 15 is 0 Å². The van der Waals surface area contributed by atoms with Gasteiger partial charge in [-0.1, -0.05) is 18.2 Å². The number of fused-ring (bicyclic) bond motifs is 1. The first-order valence-corrected chi connectivity index (χ1v) is 10.0. The largest absolute Gasteiger partial charge is 0.355 e. The molecule has 1 saturated heterocycles. The molecule has 0 radical (unpaired) electrons. The minimum Gasteiger partial charge on any atom is -0.355 e. The van der Waals surface area contributed by atoms with Crippen LogP contribution in [0.2, 0.25) is 0 Å². The Morgan fingerprint density at radius 2 is 1.90 bits per heavy atom. The summed E-state index contributed by atoms with van der Waals surface area (Å²) in [6.45, 7) is 1.78. The summed E-state index contributed by atoms with van der Waals surface area (Å²) >= 11 is 0. The maximum atomic E-state index is 9.20. The minimum atomic E-state index is 0.269. The molecular weight excluding hydrogens is 374 g/mol. The number of anilines is 1. The van der Waals surface area contributed by atoms with E-state index in [0.717, 1.165) is 65.2 Å². The van der Waals surface area contributed by atoms with Crippen molar-refractivity contribution in [2.45, 2.75) is 18.9 Å². The normalized spacial score (nSPS) is 14.7. The number of rotatable bonds is 3. The van der Waals surface area contributed by atoms with Crippen LogP contribution in [0.25, 0.3) is 33.4 Å². The maximum absolute atomic E-state index is 9.20. The third-order valence-corrected chi connectivity index (χ3v) is 5.62. The number of hydrogen-bond acceptors (Lipinski definition) is 6. The number of hydrogen-bond donors (Lipinski definition) is 2. The molecule has 0 saturated carbocycles. The highest BCUT2D eigenvalue weighted by atomic mass is 15.2. The second kappa shape index (κ2) is 7.58. The molecule has 4 aromatic rings. The third-order valence-electron chi connectivity index (χ3n) is 5.62. The summed E-state index contributed by atoms with van der Waals surface area (Å²) in [5.74, 6) is 0.855. The quantitative estimate of drug-likeness (QED) is 0.550. The fraction of sp³-hybridized carbons (Fsp3) is 0.217. The van der Waals surface area contributed by atoms with Crippen molar-refractivity contribution in [3.05, 3.63) is 60.4 Å². The molecule has 0 bridgehead atoms. The Morgan fingerprint density at radius 3 is 2.73 bits per heavy atom. The summed E-state index contributed by atoms with van der Waals surface area (Å²) in [6.07, 6.45) is 5.47. The monoisotopic (exact) mass is 395 g/mol. The van der Waals surface area contributed by atoms with E-state index in [-0.39, 0.29) is 6.04 Å². The Kier molecular flexibility index (Phi) is 4.62. The average molecular weight is 395 g/mol. The topological polar surface area (TPSA) is 108 Å². The van der Waals surface area contributed by atoms with Crippen LogP contribution < -0.4 is 10.6 Å². The summed E-state index contributed by atoms with van der Waals surface area (Å²) in [6, 6.07) is 16.2. The zero-order valence-corrected chi connectivity index (χ0v) is 16.4. The van der Waals surface area contributed by atoms with Crippen LogP contribution in [0.15, 0.2) is 54.9 Å². The Hall–Kier alpha value is -3.76. The minimum absolute atomic E-state index is 0.269. The van der Waals surface area contributed by atoms with Gasteiger partial charge in [-0.2, -0.15) is 10.4 Å². The molecule has 0 unspecified atom stereocenters. The molecule has 2 aromatic carbocycles. The van der Waals surface area contributed by atoms with Crippen molar-refractivity contribution in [3.8, 4) is 28.6 Å². The molecule has 1 fully saturated rings. The van der Waals surface area contributed by atoms with Crippen molar-refractivity contribution in [1.82, 2.24) is 20.2 Å². The smallest absolute Gasteiger partial charge is 0.147 e. The lowest BCUT2D eigenvalue weighted by Gasteiger charge is -2.30. The molecule has 3 N–H and O–H groups in total. The van der Waals surface area contributed by atoms with E-state index in [1.54, 1.807) is 18.5 Å². The van der Waals surface area contributed by atoms with Crippen molar-refractivity contribution in [2.75, 3.05) is 18.0 Å². The van der Waals surface area contributed by atoms with Gasteiger partial charge in [-0.05, 0) is 48.2 Å². The maximum Gasteiger partial charge on any atom is 0.147 e. The van der Waals surface area contributed by atoms with Crippen molar-refractivity contribution >= 4 is 16.7 Å². The van der Waals surface area contributed by atoms with E-state index in [0.29, 0.717) is 5.56 Å². The molecule has 7 heteroatoms. The second-order valence-corrected chi connectivity index (χ2v) is 7.61. The van der Waals surface area contributed by atoms with Gasteiger partial charge in [0.05, 0.1) is 29.5 Å². The van der Waals surface area contributed by atoms with Crippen LogP contribution in [0.4, 0.5) is 5.82 Å². The molecule has 5 rings (SSSR count). The van der Waals surface area contributed by atoms with Gasteiger partial charge in [-0.25, -0.2) is 4.98 Å². The number of nitrogens with two attached hydrogens (primary N) is 1. The molecular formula is C23H21N7. The lowest BCUT2D eigenvalue weighted by atomic mass is 10.0. The van der Waals surface area contributed by atoms with Gasteiger partial charge in [0.15, 0.2) is 0 Å². The second-order valence-electron chi connectivity index (χ2n) is 7.61. The van der Waals surface area contributed by atoms with Gasteiger partial charge in [-0.3, -0.25) is 10.1 Å². The number of aromatic nitrogens is 4. The van der Waals surface area contributed by atoms with Crippen LogP contribution in [-0.4, -0.2) is 39.3 Å². The Balaban J connectivity index is 1.53. The number of H-pyrrole nitrogens is 1. The van der Waals surface area contributed by atoms with E-state index < -0.39 is 0 Å². The van der Waals surface area contributed by atoms with Crippen LogP contribution in [-0.2, 0) is 0 Å². The average Bonchev–Trinajstić information content (AvgIpc) is 3.23.